The van der Waals surface area contributed by atoms with Gasteiger partial charge in [0.2, 0.25) is 0 Å². The first-order valence-electron chi connectivity index (χ1n) is 6.68. The van der Waals surface area contributed by atoms with Crippen LogP contribution in [0.15, 0.2) is 24.3 Å². The van der Waals surface area contributed by atoms with E-state index in [4.69, 9.17) is 4.74 Å². The third-order valence-corrected chi connectivity index (χ3v) is 3.55. The molecule has 1 aromatic carbocycles. The molecule has 4 nitrogen and oxygen atoms in total. The molecule has 1 N–H and O–H groups in total. The highest BCUT2D eigenvalue weighted by molar-refractivity contribution is 6.11. The molecule has 2 heterocycles. The number of nitrogens with one attached hydrogen (secondary N) is 1. The van der Waals surface area contributed by atoms with Gasteiger partial charge in [-0.25, -0.2) is 9.78 Å². The molecule has 4 heteroatoms. The Balaban J connectivity index is 2.35. The largest absolute Gasteiger partial charge is 0.461 e. The van der Waals surface area contributed by atoms with E-state index in [9.17, 15) is 4.79 Å². The van der Waals surface area contributed by atoms with E-state index in [1.165, 1.54) is 0 Å². The topological polar surface area (TPSA) is 55.0 Å². The Morgan fingerprint density at radius 2 is 2.05 bits per heavy atom. The van der Waals surface area contributed by atoms with Crippen LogP contribution in [0, 0.1) is 13.8 Å². The molecule has 0 aliphatic rings. The number of benzene rings is 1. The van der Waals surface area contributed by atoms with Crippen LogP contribution in [-0.4, -0.2) is 22.5 Å². The van der Waals surface area contributed by atoms with Crippen molar-refractivity contribution in [3.8, 4) is 0 Å². The fourth-order valence-electron chi connectivity index (χ4n) is 2.62. The third kappa shape index (κ3) is 1.76. The fourth-order valence-corrected chi connectivity index (χ4v) is 2.62. The van der Waals surface area contributed by atoms with Crippen molar-refractivity contribution in [1.82, 2.24) is 9.97 Å². The number of hydrogen-bond acceptors (Lipinski definition) is 3. The summed E-state index contributed by atoms with van der Waals surface area (Å²) in [6, 6.07) is 8.08. The average molecular weight is 268 g/mol. The molecular formula is C16H16N2O2. The fraction of sp³-hybridized carbons (Fsp3) is 0.250. The Bertz CT molecular complexity index is 818. The number of hydrogen-bond donors (Lipinski definition) is 1. The summed E-state index contributed by atoms with van der Waals surface area (Å²) in [6.07, 6.45) is 0. The molecule has 0 saturated carbocycles. The minimum Gasteiger partial charge on any atom is -0.461 e. The Hall–Kier alpha value is -2.36. The molecule has 0 amide bonds. The lowest BCUT2D eigenvalue weighted by Gasteiger charge is -2.07. The number of aryl methyl sites for hydroxylation is 2. The first-order valence-corrected chi connectivity index (χ1v) is 6.68. The van der Waals surface area contributed by atoms with Gasteiger partial charge in [0.15, 0.2) is 5.69 Å². The van der Waals surface area contributed by atoms with Crippen LogP contribution < -0.4 is 0 Å². The maximum absolute atomic E-state index is 12.0. The molecule has 0 unspecified atom stereocenters. The number of esters is 1. The van der Waals surface area contributed by atoms with E-state index < -0.39 is 0 Å². The summed E-state index contributed by atoms with van der Waals surface area (Å²) in [5.41, 5.74) is 4.08. The zero-order valence-corrected chi connectivity index (χ0v) is 11.8. The van der Waals surface area contributed by atoms with E-state index in [0.717, 1.165) is 33.1 Å². The van der Waals surface area contributed by atoms with E-state index in [1.807, 2.05) is 32.0 Å². The van der Waals surface area contributed by atoms with Gasteiger partial charge in [-0.3, -0.25) is 0 Å². The highest BCUT2D eigenvalue weighted by Gasteiger charge is 2.18. The van der Waals surface area contributed by atoms with Crippen LogP contribution in [-0.2, 0) is 4.74 Å². The van der Waals surface area contributed by atoms with E-state index in [0.29, 0.717) is 12.3 Å². The van der Waals surface area contributed by atoms with Crippen molar-refractivity contribution < 1.29 is 9.53 Å². The molecule has 0 aliphatic heterocycles. The third-order valence-electron chi connectivity index (χ3n) is 3.55. The van der Waals surface area contributed by atoms with Crippen molar-refractivity contribution in [2.24, 2.45) is 0 Å². The molecule has 0 radical (unpaired) electrons. The van der Waals surface area contributed by atoms with Crippen LogP contribution in [0.3, 0.4) is 0 Å². The lowest BCUT2D eigenvalue weighted by Crippen LogP contribution is -2.10. The molecule has 0 bridgehead atoms. The molecule has 0 aliphatic carbocycles. The number of carbonyl (C=O) groups is 1. The van der Waals surface area contributed by atoms with E-state index >= 15 is 0 Å². The lowest BCUT2D eigenvalue weighted by molar-refractivity contribution is 0.0518. The summed E-state index contributed by atoms with van der Waals surface area (Å²) in [4.78, 5) is 19.8. The number of nitrogens with zero attached hydrogens (tertiary/aromatic N) is 1. The van der Waals surface area contributed by atoms with Gasteiger partial charge in [-0.05, 0) is 26.8 Å². The van der Waals surface area contributed by atoms with Gasteiger partial charge in [-0.15, -0.1) is 0 Å². The maximum Gasteiger partial charge on any atom is 0.357 e. The van der Waals surface area contributed by atoms with Gasteiger partial charge < -0.3 is 9.72 Å². The summed E-state index contributed by atoms with van der Waals surface area (Å²) in [5.74, 6) is -0.367. The molecule has 102 valence electrons. The zero-order chi connectivity index (χ0) is 14.3. The van der Waals surface area contributed by atoms with Gasteiger partial charge in [0.05, 0.1) is 12.1 Å². The van der Waals surface area contributed by atoms with Gasteiger partial charge in [0.1, 0.15) is 0 Å². The first-order chi connectivity index (χ1) is 9.63. The van der Waals surface area contributed by atoms with E-state index in [-0.39, 0.29) is 5.97 Å². The number of carbonyl (C=O) groups excluding carboxylic acids is 1. The Morgan fingerprint density at radius 1 is 1.30 bits per heavy atom. The molecule has 3 rings (SSSR count). The van der Waals surface area contributed by atoms with Gasteiger partial charge >= 0.3 is 5.97 Å². The Morgan fingerprint density at radius 3 is 2.80 bits per heavy atom. The van der Waals surface area contributed by atoms with Crippen LogP contribution in [0.2, 0.25) is 0 Å². The second-order valence-corrected chi connectivity index (χ2v) is 4.81. The summed E-state index contributed by atoms with van der Waals surface area (Å²) in [6.45, 7) is 5.96. The molecule has 3 aromatic rings. The highest BCUT2D eigenvalue weighted by atomic mass is 16.5. The smallest absolute Gasteiger partial charge is 0.357 e. The molecule has 0 fully saturated rings. The van der Waals surface area contributed by atoms with E-state index in [2.05, 4.69) is 16.0 Å². The van der Waals surface area contributed by atoms with Gasteiger partial charge in [0, 0.05) is 27.5 Å². The summed E-state index contributed by atoms with van der Waals surface area (Å²) in [7, 11) is 0. The molecule has 2 aromatic heterocycles. The van der Waals surface area contributed by atoms with Crippen molar-refractivity contribution in [2.75, 3.05) is 6.61 Å². The number of H-pyrrole nitrogens is 1. The van der Waals surface area contributed by atoms with Crippen LogP contribution >= 0.6 is 0 Å². The van der Waals surface area contributed by atoms with Gasteiger partial charge in [-0.1, -0.05) is 18.2 Å². The second kappa shape index (κ2) is 4.63. The number of ether oxygens (including phenoxy) is 1. The molecular weight excluding hydrogens is 252 g/mol. The molecule has 0 saturated heterocycles. The average Bonchev–Trinajstić information content (AvgIpc) is 2.83. The van der Waals surface area contributed by atoms with Crippen molar-refractivity contribution in [2.45, 2.75) is 20.8 Å². The van der Waals surface area contributed by atoms with Crippen molar-refractivity contribution in [3.05, 3.63) is 41.2 Å². The predicted octanol–water partition coefficient (Wildman–Crippen LogP) is 3.51. The summed E-state index contributed by atoms with van der Waals surface area (Å²) in [5, 5.41) is 2.21. The van der Waals surface area contributed by atoms with Crippen LogP contribution in [0.5, 0.6) is 0 Å². The minimum atomic E-state index is -0.367. The standard InChI is InChI=1S/C16H16N2O2/c1-4-20-16(19)15-9(2)14-13(10(3)17-15)11-7-5-6-8-12(11)18-14/h5-8,18H,4H2,1-3H3. The van der Waals surface area contributed by atoms with Gasteiger partial charge in [0.25, 0.3) is 0 Å². The molecule has 0 spiro atoms. The number of aromatic amines is 1. The Labute approximate surface area is 116 Å². The van der Waals surface area contributed by atoms with Crippen LogP contribution in [0.25, 0.3) is 21.8 Å². The van der Waals surface area contributed by atoms with E-state index in [1.54, 1.807) is 6.92 Å². The van der Waals surface area contributed by atoms with Crippen molar-refractivity contribution >= 4 is 27.8 Å². The SMILES string of the molecule is CCOC(=O)c1nc(C)c2c([nH]c3ccccc32)c1C. The summed E-state index contributed by atoms with van der Waals surface area (Å²) >= 11 is 0. The Kier molecular flexibility index (Phi) is 2.93. The predicted molar refractivity (Wildman–Crippen MR) is 79.0 cm³/mol. The number of rotatable bonds is 2. The van der Waals surface area contributed by atoms with Gasteiger partial charge in [-0.2, -0.15) is 0 Å². The minimum absolute atomic E-state index is 0.351. The number of para-hydroxylation sites is 1. The first kappa shape index (κ1) is 12.7. The van der Waals surface area contributed by atoms with Crippen LogP contribution in [0.1, 0.15) is 28.7 Å². The second-order valence-electron chi connectivity index (χ2n) is 4.81. The normalized spacial score (nSPS) is 11.2. The molecule has 20 heavy (non-hydrogen) atoms. The lowest BCUT2D eigenvalue weighted by atomic mass is 10.1. The maximum atomic E-state index is 12.0. The van der Waals surface area contributed by atoms with Crippen molar-refractivity contribution in [1.29, 1.82) is 0 Å². The summed E-state index contributed by atoms with van der Waals surface area (Å²) < 4.78 is 5.07. The zero-order valence-electron chi connectivity index (χ0n) is 11.8. The molecule has 0 atom stereocenters. The van der Waals surface area contributed by atoms with Crippen molar-refractivity contribution in [3.63, 3.8) is 0 Å². The number of fused-ring (bicyclic) bond motifs is 3. The van der Waals surface area contributed by atoms with Crippen LogP contribution in [0.4, 0.5) is 0 Å². The highest BCUT2D eigenvalue weighted by Crippen LogP contribution is 2.30. The number of pyridine rings is 1. The monoisotopic (exact) mass is 268 g/mol. The number of aromatic nitrogens is 2. The quantitative estimate of drug-likeness (QED) is 0.723.